The van der Waals surface area contributed by atoms with E-state index in [9.17, 15) is 23.1 Å². The molecule has 31 heavy (non-hydrogen) atoms. The number of ketones is 1. The van der Waals surface area contributed by atoms with Crippen molar-refractivity contribution in [3.8, 4) is 5.75 Å². The minimum atomic E-state index is -4.56. The van der Waals surface area contributed by atoms with Gasteiger partial charge in [-0.25, -0.2) is 0 Å². The molecule has 6 heteroatoms. The van der Waals surface area contributed by atoms with Crippen molar-refractivity contribution in [2.45, 2.75) is 90.1 Å². The molecule has 1 saturated carbocycles. The smallest absolute Gasteiger partial charge is 0.418 e. The lowest BCUT2D eigenvalue weighted by atomic mass is 9.78. The lowest BCUT2D eigenvalue weighted by Gasteiger charge is -2.28. The third-order valence-corrected chi connectivity index (χ3v) is 5.87. The van der Waals surface area contributed by atoms with Crippen LogP contribution in [0.5, 0.6) is 5.75 Å². The van der Waals surface area contributed by atoms with E-state index < -0.39 is 17.5 Å². The number of benzene rings is 1. The van der Waals surface area contributed by atoms with Crippen LogP contribution < -0.4 is 0 Å². The highest BCUT2D eigenvalue weighted by molar-refractivity contribution is 5.96. The molecular weight excluding hydrogens is 403 g/mol. The van der Waals surface area contributed by atoms with Gasteiger partial charge in [0.1, 0.15) is 5.75 Å². The van der Waals surface area contributed by atoms with Crippen LogP contribution in [0.25, 0.3) is 0 Å². The van der Waals surface area contributed by atoms with Gasteiger partial charge in [-0.1, -0.05) is 53.7 Å². The topological polar surface area (TPSA) is 53.1 Å². The summed E-state index contributed by atoms with van der Waals surface area (Å²) >= 11 is 0. The summed E-state index contributed by atoms with van der Waals surface area (Å²) in [4.78, 5) is 15.5. The number of phenols is 1. The molecule has 0 saturated heterocycles. The number of hydrogen-bond donors (Lipinski definition) is 2. The van der Waals surface area contributed by atoms with E-state index in [1.165, 1.54) is 0 Å². The second-order valence-corrected chi connectivity index (χ2v) is 10.7. The summed E-state index contributed by atoms with van der Waals surface area (Å²) in [5.41, 5.74) is 1.06. The van der Waals surface area contributed by atoms with Crippen molar-refractivity contribution >= 4 is 5.78 Å². The molecule has 1 aromatic carbocycles. The minimum Gasteiger partial charge on any atom is -0.507 e. The van der Waals surface area contributed by atoms with Gasteiger partial charge in [-0.2, -0.15) is 13.2 Å². The van der Waals surface area contributed by atoms with E-state index in [1.807, 2.05) is 53.7 Å². The molecule has 0 amide bonds. The van der Waals surface area contributed by atoms with Crippen molar-refractivity contribution in [2.75, 3.05) is 0 Å². The number of Topliss-reactive ketones (excluding diaryl/α,β-unsaturated/α-hetero) is 1. The number of aromatic hydroxyl groups is 1. The summed E-state index contributed by atoms with van der Waals surface area (Å²) in [5.74, 6) is -0.196. The Kier molecular flexibility index (Phi) is 5.83. The Balaban J connectivity index is 1.90. The Bertz CT molecular complexity index is 949. The van der Waals surface area contributed by atoms with E-state index in [4.69, 9.17) is 0 Å². The van der Waals surface area contributed by atoms with Crippen molar-refractivity contribution in [1.82, 2.24) is 4.98 Å². The lowest BCUT2D eigenvalue weighted by molar-refractivity contribution is -0.137. The number of rotatable bonds is 5. The summed E-state index contributed by atoms with van der Waals surface area (Å²) in [6.45, 7) is 12.0. The van der Waals surface area contributed by atoms with Crippen LogP contribution in [0.2, 0.25) is 0 Å². The number of aromatic nitrogens is 1. The summed E-state index contributed by atoms with van der Waals surface area (Å²) < 4.78 is 40.4. The molecular formula is C25H32F3NO2. The Hall–Kier alpha value is -2.24. The molecule has 0 bridgehead atoms. The highest BCUT2D eigenvalue weighted by Gasteiger charge is 2.39. The molecule has 1 aliphatic rings. The second kappa shape index (κ2) is 7.72. The molecule has 0 spiro atoms. The number of H-pyrrole nitrogens is 1. The Morgan fingerprint density at radius 2 is 1.48 bits per heavy atom. The summed E-state index contributed by atoms with van der Waals surface area (Å²) in [6, 6.07) is 4.83. The summed E-state index contributed by atoms with van der Waals surface area (Å²) in [7, 11) is 0. The zero-order chi connectivity index (χ0) is 23.4. The molecule has 0 aliphatic heterocycles. The Morgan fingerprint density at radius 1 is 0.968 bits per heavy atom. The van der Waals surface area contributed by atoms with Crippen molar-refractivity contribution in [2.24, 2.45) is 0 Å². The van der Waals surface area contributed by atoms with Gasteiger partial charge in [0.2, 0.25) is 0 Å². The molecule has 2 aromatic rings. The van der Waals surface area contributed by atoms with Crippen LogP contribution in [0.3, 0.4) is 0 Å². The van der Waals surface area contributed by atoms with E-state index in [-0.39, 0.29) is 34.6 Å². The first-order chi connectivity index (χ1) is 14.1. The van der Waals surface area contributed by atoms with Gasteiger partial charge >= 0.3 is 6.18 Å². The summed E-state index contributed by atoms with van der Waals surface area (Å²) in [5, 5.41) is 10.8. The molecule has 0 atom stereocenters. The number of aromatic amines is 1. The van der Waals surface area contributed by atoms with Crippen molar-refractivity contribution < 1.29 is 23.1 Å². The monoisotopic (exact) mass is 435 g/mol. The van der Waals surface area contributed by atoms with Gasteiger partial charge in [-0.3, -0.25) is 4.79 Å². The highest BCUT2D eigenvalue weighted by atomic mass is 19.4. The largest absolute Gasteiger partial charge is 0.507 e. The van der Waals surface area contributed by atoms with E-state index in [0.29, 0.717) is 12.1 Å². The fourth-order valence-corrected chi connectivity index (χ4v) is 3.90. The molecule has 1 heterocycles. The third kappa shape index (κ3) is 5.16. The van der Waals surface area contributed by atoms with Crippen molar-refractivity contribution in [1.29, 1.82) is 0 Å². The average molecular weight is 436 g/mol. The van der Waals surface area contributed by atoms with Crippen LogP contribution >= 0.6 is 0 Å². The number of halogens is 3. The van der Waals surface area contributed by atoms with E-state index in [2.05, 4.69) is 4.98 Å². The molecule has 3 nitrogen and oxygen atoms in total. The number of carbonyl (C=O) groups excluding carboxylic acids is 1. The van der Waals surface area contributed by atoms with Gasteiger partial charge in [-0.05, 0) is 58.8 Å². The normalized spacial score (nSPS) is 15.4. The second-order valence-electron chi connectivity index (χ2n) is 10.7. The molecule has 1 aromatic heterocycles. The molecule has 2 N–H and O–H groups in total. The van der Waals surface area contributed by atoms with Gasteiger partial charge in [-0.15, -0.1) is 0 Å². The minimum absolute atomic E-state index is 0.0361. The predicted molar refractivity (Wildman–Crippen MR) is 116 cm³/mol. The summed E-state index contributed by atoms with van der Waals surface area (Å²) in [6.07, 6.45) is -2.59. The highest BCUT2D eigenvalue weighted by Crippen LogP contribution is 2.43. The SMILES string of the molecule is CC(C)(C)c1cc(CCC(=O)c2[nH]c(C3CC3)cc2C(F)(F)F)cc(C(C)(C)C)c1O. The third-order valence-electron chi connectivity index (χ3n) is 5.87. The average Bonchev–Trinajstić information content (AvgIpc) is 3.35. The maximum Gasteiger partial charge on any atom is 0.418 e. The molecule has 0 radical (unpaired) electrons. The standard InChI is InChI=1S/C25H32F3NO2/c1-23(2,3)17-11-14(12-18(22(17)31)24(4,5)6)7-10-20(30)21-16(25(26,27)28)13-19(29-21)15-8-9-15/h11-13,15,29,31H,7-10H2,1-6H3. The lowest BCUT2D eigenvalue weighted by Crippen LogP contribution is -2.18. The Morgan fingerprint density at radius 3 is 1.90 bits per heavy atom. The molecule has 1 fully saturated rings. The quantitative estimate of drug-likeness (QED) is 0.496. The van der Waals surface area contributed by atoms with Gasteiger partial charge in [0.05, 0.1) is 11.3 Å². The molecule has 1 aliphatic carbocycles. The van der Waals surface area contributed by atoms with Crippen LogP contribution in [0.15, 0.2) is 18.2 Å². The predicted octanol–water partition coefficient (Wildman–Crippen LogP) is 7.03. The van der Waals surface area contributed by atoms with Crippen LogP contribution in [0, 0.1) is 0 Å². The molecule has 3 rings (SSSR count). The number of aryl methyl sites for hydroxylation is 1. The number of phenolic OH excluding ortho intramolecular Hbond substituents is 1. The Labute approximate surface area is 182 Å². The van der Waals surface area contributed by atoms with Gasteiger partial charge in [0.25, 0.3) is 0 Å². The maximum atomic E-state index is 13.5. The van der Waals surface area contributed by atoms with Crippen molar-refractivity contribution in [3.63, 3.8) is 0 Å². The van der Waals surface area contributed by atoms with E-state index in [0.717, 1.165) is 35.6 Å². The van der Waals surface area contributed by atoms with Gasteiger partial charge in [0.15, 0.2) is 5.78 Å². The number of nitrogens with one attached hydrogen (secondary N) is 1. The number of carbonyl (C=O) groups is 1. The van der Waals surface area contributed by atoms with Crippen molar-refractivity contribution in [3.05, 3.63) is 51.8 Å². The number of alkyl halides is 3. The first kappa shape index (κ1) is 23.4. The maximum absolute atomic E-state index is 13.5. The van der Waals surface area contributed by atoms with Gasteiger partial charge in [0, 0.05) is 12.1 Å². The molecule has 170 valence electrons. The van der Waals surface area contributed by atoms with E-state index >= 15 is 0 Å². The fourth-order valence-electron chi connectivity index (χ4n) is 3.90. The first-order valence-corrected chi connectivity index (χ1v) is 10.8. The zero-order valence-electron chi connectivity index (χ0n) is 19.1. The van der Waals surface area contributed by atoms with Gasteiger partial charge < -0.3 is 10.1 Å². The number of hydrogen-bond acceptors (Lipinski definition) is 2. The van der Waals surface area contributed by atoms with E-state index in [1.54, 1.807) is 0 Å². The molecule has 0 unspecified atom stereocenters. The van der Waals surface area contributed by atoms with Crippen LogP contribution in [-0.4, -0.2) is 15.9 Å². The first-order valence-electron chi connectivity index (χ1n) is 10.8. The van der Waals surface area contributed by atoms with Crippen LogP contribution in [0.1, 0.15) is 105 Å². The van der Waals surface area contributed by atoms with Crippen LogP contribution in [-0.2, 0) is 23.4 Å². The zero-order valence-corrected chi connectivity index (χ0v) is 19.1. The van der Waals surface area contributed by atoms with Crippen LogP contribution in [0.4, 0.5) is 13.2 Å². The fraction of sp³-hybridized carbons (Fsp3) is 0.560.